The van der Waals surface area contributed by atoms with E-state index in [9.17, 15) is 28.6 Å². The molecule has 0 aliphatic carbocycles. The lowest BCUT2D eigenvalue weighted by Crippen LogP contribution is -2.55. The van der Waals surface area contributed by atoms with Crippen LogP contribution in [0.5, 0.6) is 0 Å². The van der Waals surface area contributed by atoms with Gasteiger partial charge in [-0.3, -0.25) is 9.59 Å². The fourth-order valence-corrected chi connectivity index (χ4v) is 4.22. The van der Waals surface area contributed by atoms with Gasteiger partial charge in [0.2, 0.25) is 5.78 Å². The van der Waals surface area contributed by atoms with Gasteiger partial charge in [-0.05, 0) is 25.8 Å². The van der Waals surface area contributed by atoms with E-state index < -0.39 is 34.8 Å². The minimum Gasteiger partial charge on any atom is -0.509 e. The number of fused-ring (bicyclic) bond motifs is 2. The van der Waals surface area contributed by atoms with Crippen molar-refractivity contribution in [1.82, 2.24) is 10.2 Å². The Morgan fingerprint density at radius 1 is 1.40 bits per heavy atom. The van der Waals surface area contributed by atoms with Crippen molar-refractivity contribution in [2.45, 2.75) is 38.5 Å². The number of carbonyl (C=O) groups is 2. The molecule has 1 amide bonds. The number of hydrogen-bond donors (Lipinski definition) is 3. The molecule has 1 fully saturated rings. The number of aliphatic hydroxyl groups excluding tert-OH is 2. The smallest absolute Gasteiger partial charge is 0.252 e. The number of nitrogens with one attached hydrogen (secondary N) is 1. The summed E-state index contributed by atoms with van der Waals surface area (Å²) in [6.07, 6.45) is 0.564. The first-order chi connectivity index (χ1) is 14.2. The molecule has 4 rings (SSSR count). The average Bonchev–Trinajstić information content (AvgIpc) is 2.70. The van der Waals surface area contributed by atoms with Gasteiger partial charge in [-0.15, -0.1) is 0 Å². The van der Waals surface area contributed by atoms with Crippen LogP contribution in [0.25, 0.3) is 0 Å². The van der Waals surface area contributed by atoms with Crippen LogP contribution in [0.2, 0.25) is 0 Å². The van der Waals surface area contributed by atoms with E-state index in [1.54, 1.807) is 0 Å². The van der Waals surface area contributed by atoms with Gasteiger partial charge in [0.15, 0.2) is 6.10 Å². The molecule has 3 N–H and O–H groups in total. The lowest BCUT2D eigenvalue weighted by Gasteiger charge is -2.48. The summed E-state index contributed by atoms with van der Waals surface area (Å²) in [6, 6.07) is 2.97. The molecule has 3 aliphatic heterocycles. The number of ketones is 1. The summed E-state index contributed by atoms with van der Waals surface area (Å²) in [5.74, 6) is -3.25. The van der Waals surface area contributed by atoms with Crippen LogP contribution >= 0.6 is 0 Å². The van der Waals surface area contributed by atoms with Gasteiger partial charge in [0.1, 0.15) is 23.1 Å². The van der Waals surface area contributed by atoms with E-state index >= 15 is 0 Å². The minimum atomic E-state index is -1.76. The Morgan fingerprint density at radius 3 is 2.90 bits per heavy atom. The highest BCUT2D eigenvalue weighted by Crippen LogP contribution is 2.46. The van der Waals surface area contributed by atoms with Crippen molar-refractivity contribution >= 4 is 11.7 Å². The van der Waals surface area contributed by atoms with Gasteiger partial charge in [0, 0.05) is 31.0 Å². The summed E-state index contributed by atoms with van der Waals surface area (Å²) in [5, 5.41) is 23.7. The number of amides is 1. The average molecular weight is 420 g/mol. The third kappa shape index (κ3) is 3.27. The Kier molecular flexibility index (Phi) is 5.11. The lowest BCUT2D eigenvalue weighted by atomic mass is 9.72. The molecule has 0 spiro atoms. The van der Waals surface area contributed by atoms with Crippen molar-refractivity contribution in [2.75, 3.05) is 13.2 Å². The predicted molar refractivity (Wildman–Crippen MR) is 101 cm³/mol. The Labute approximate surface area is 171 Å². The molecule has 7 nitrogen and oxygen atoms in total. The first kappa shape index (κ1) is 20.5. The first-order valence-corrected chi connectivity index (χ1v) is 9.70. The second-order valence-electron chi connectivity index (χ2n) is 8.00. The normalized spacial score (nSPS) is 28.6. The van der Waals surface area contributed by atoms with Crippen molar-refractivity contribution < 1.29 is 33.3 Å². The molecular formula is C21H22F2N2O5. The number of ether oxygens (including phenoxy) is 1. The molecule has 30 heavy (non-hydrogen) atoms. The summed E-state index contributed by atoms with van der Waals surface area (Å²) in [4.78, 5) is 26.8. The van der Waals surface area contributed by atoms with Crippen LogP contribution in [-0.2, 0) is 20.9 Å². The highest BCUT2D eigenvalue weighted by molar-refractivity contribution is 6.09. The molecule has 9 heteroatoms. The Hall–Kier alpha value is -2.78. The monoisotopic (exact) mass is 420 g/mol. The number of Topliss-reactive ketones (excluding diaryl/α,β-unsaturated/α-hetero) is 1. The van der Waals surface area contributed by atoms with E-state index in [0.717, 1.165) is 12.5 Å². The third-order valence-electron chi connectivity index (χ3n) is 6.07. The second kappa shape index (κ2) is 7.48. The summed E-state index contributed by atoms with van der Waals surface area (Å²) >= 11 is 0. The SMILES string of the molecule is C[C@]12CCCO[C@H]1CN1C=C(C(=O)NCc3ccc(F)cc3F)C(O)C(=O)C1=C2O. The number of carbonyl (C=O) groups excluding carboxylic acids is 2. The lowest BCUT2D eigenvalue weighted by molar-refractivity contribution is -0.132. The van der Waals surface area contributed by atoms with E-state index in [-0.39, 0.29) is 41.8 Å². The highest BCUT2D eigenvalue weighted by atomic mass is 19.1. The molecule has 1 unspecified atom stereocenters. The van der Waals surface area contributed by atoms with E-state index in [1.807, 2.05) is 6.92 Å². The van der Waals surface area contributed by atoms with E-state index in [4.69, 9.17) is 4.74 Å². The van der Waals surface area contributed by atoms with Crippen LogP contribution in [0.15, 0.2) is 41.4 Å². The number of benzene rings is 1. The minimum absolute atomic E-state index is 0.0344. The van der Waals surface area contributed by atoms with E-state index in [0.29, 0.717) is 19.1 Å². The van der Waals surface area contributed by atoms with E-state index in [1.165, 1.54) is 17.2 Å². The molecule has 3 atom stereocenters. The zero-order chi connectivity index (χ0) is 21.6. The summed E-state index contributed by atoms with van der Waals surface area (Å²) in [6.45, 7) is 2.35. The predicted octanol–water partition coefficient (Wildman–Crippen LogP) is 1.68. The van der Waals surface area contributed by atoms with Gasteiger partial charge in [0.05, 0.1) is 23.6 Å². The van der Waals surface area contributed by atoms with Crippen molar-refractivity contribution in [1.29, 1.82) is 0 Å². The van der Waals surface area contributed by atoms with Gasteiger partial charge in [-0.25, -0.2) is 8.78 Å². The first-order valence-electron chi connectivity index (χ1n) is 9.70. The molecule has 1 saturated heterocycles. The topological polar surface area (TPSA) is 99.1 Å². The third-order valence-corrected chi connectivity index (χ3v) is 6.07. The van der Waals surface area contributed by atoms with Crippen molar-refractivity contribution in [3.63, 3.8) is 0 Å². The largest absolute Gasteiger partial charge is 0.509 e. The number of halogens is 2. The van der Waals surface area contributed by atoms with E-state index in [2.05, 4.69) is 5.32 Å². The quantitative estimate of drug-likeness (QED) is 0.688. The van der Waals surface area contributed by atoms with Crippen molar-refractivity contribution in [3.05, 3.63) is 58.6 Å². The highest BCUT2D eigenvalue weighted by Gasteiger charge is 2.51. The van der Waals surface area contributed by atoms with Crippen LogP contribution in [0.1, 0.15) is 25.3 Å². The summed E-state index contributed by atoms with van der Waals surface area (Å²) in [7, 11) is 0. The number of hydrogen-bond acceptors (Lipinski definition) is 6. The standard InChI is InChI=1S/C21H22F2N2O5/c1-21-5-2-6-30-15(21)10-25-9-13(17(26)18(27)16(25)19(21)28)20(29)24-8-11-3-4-12(22)7-14(11)23/h3-4,7,9,15,17,26,28H,2,5-6,8,10H2,1H3,(H,24,29)/t15-,17?,21-/m0/s1. The van der Waals surface area contributed by atoms with Crippen molar-refractivity contribution in [3.8, 4) is 0 Å². The molecule has 0 bridgehead atoms. The fraction of sp³-hybridized carbons (Fsp3) is 0.429. The fourth-order valence-electron chi connectivity index (χ4n) is 4.22. The summed E-state index contributed by atoms with van der Waals surface area (Å²) in [5.41, 5.74) is -0.927. The molecule has 0 saturated carbocycles. The molecule has 3 aliphatic rings. The maximum Gasteiger partial charge on any atom is 0.252 e. The molecule has 160 valence electrons. The van der Waals surface area contributed by atoms with Crippen LogP contribution in [0.3, 0.4) is 0 Å². The number of rotatable bonds is 3. The van der Waals surface area contributed by atoms with Gasteiger partial charge in [-0.2, -0.15) is 0 Å². The zero-order valence-electron chi connectivity index (χ0n) is 16.3. The van der Waals surface area contributed by atoms with Crippen LogP contribution in [0, 0.1) is 17.0 Å². The number of nitrogens with zero attached hydrogens (tertiary/aromatic N) is 1. The Bertz CT molecular complexity index is 976. The van der Waals surface area contributed by atoms with Crippen LogP contribution in [-0.4, -0.2) is 52.2 Å². The number of aliphatic hydroxyl groups is 2. The van der Waals surface area contributed by atoms with Gasteiger partial charge < -0.3 is 25.2 Å². The zero-order valence-corrected chi connectivity index (χ0v) is 16.3. The molecule has 1 aromatic rings. The molecule has 0 aromatic heterocycles. The van der Waals surface area contributed by atoms with Gasteiger partial charge in [0.25, 0.3) is 5.91 Å². The molecule has 0 radical (unpaired) electrons. The Balaban J connectivity index is 1.59. The second-order valence-corrected chi connectivity index (χ2v) is 8.00. The van der Waals surface area contributed by atoms with Crippen LogP contribution in [0.4, 0.5) is 8.78 Å². The Morgan fingerprint density at radius 2 is 2.17 bits per heavy atom. The molecule has 1 aromatic carbocycles. The summed E-state index contributed by atoms with van der Waals surface area (Å²) < 4.78 is 32.6. The molecular weight excluding hydrogens is 398 g/mol. The van der Waals surface area contributed by atoms with Gasteiger partial charge in [-0.1, -0.05) is 6.07 Å². The van der Waals surface area contributed by atoms with Crippen LogP contribution < -0.4 is 5.32 Å². The van der Waals surface area contributed by atoms with Gasteiger partial charge >= 0.3 is 0 Å². The van der Waals surface area contributed by atoms with Crippen molar-refractivity contribution in [2.24, 2.45) is 5.41 Å². The molecule has 3 heterocycles. The maximum atomic E-state index is 13.8. The maximum absolute atomic E-state index is 13.8.